The molecule has 0 amide bonds. The second-order valence-corrected chi connectivity index (χ2v) is 5.45. The summed E-state index contributed by atoms with van der Waals surface area (Å²) in [4.78, 5) is 1.36. The minimum atomic E-state index is 0.203. The van der Waals surface area contributed by atoms with E-state index in [1.165, 1.54) is 10.4 Å². The first-order valence-corrected chi connectivity index (χ1v) is 5.83. The summed E-state index contributed by atoms with van der Waals surface area (Å²) < 4.78 is 0. The Hall–Kier alpha value is -0.600. The molecule has 0 unspecified atom stereocenters. The minimum absolute atomic E-state index is 0.203. The molecule has 0 radical (unpaired) electrons. The van der Waals surface area contributed by atoms with Crippen LogP contribution in [0.25, 0.3) is 6.08 Å². The Kier molecular flexibility index (Phi) is 3.90. The fraction of sp³-hybridized carbons (Fsp3) is 0.500. The average molecular weight is 209 g/mol. The first kappa shape index (κ1) is 11.5. The molecule has 1 rings (SSSR count). The van der Waals surface area contributed by atoms with Crippen molar-refractivity contribution in [2.75, 3.05) is 6.54 Å². The molecule has 0 saturated carbocycles. The van der Waals surface area contributed by atoms with E-state index in [0.717, 1.165) is 6.54 Å². The van der Waals surface area contributed by atoms with Gasteiger partial charge < -0.3 is 5.32 Å². The molecule has 0 aliphatic rings. The summed E-state index contributed by atoms with van der Waals surface area (Å²) >= 11 is 1.79. The van der Waals surface area contributed by atoms with Gasteiger partial charge in [-0.1, -0.05) is 6.08 Å². The van der Waals surface area contributed by atoms with Gasteiger partial charge in [-0.3, -0.25) is 0 Å². The zero-order chi connectivity index (χ0) is 10.6. The molecule has 1 aromatic rings. The quantitative estimate of drug-likeness (QED) is 0.804. The Morgan fingerprint density at radius 3 is 2.64 bits per heavy atom. The Morgan fingerprint density at radius 1 is 1.43 bits per heavy atom. The lowest BCUT2D eigenvalue weighted by atomic mass is 10.1. The van der Waals surface area contributed by atoms with Gasteiger partial charge in [0, 0.05) is 17.0 Å². The first-order valence-electron chi connectivity index (χ1n) is 4.95. The van der Waals surface area contributed by atoms with Crippen LogP contribution in [0.2, 0.25) is 0 Å². The zero-order valence-electron chi connectivity index (χ0n) is 9.42. The van der Waals surface area contributed by atoms with Crippen LogP contribution < -0.4 is 5.32 Å². The number of hydrogen-bond donors (Lipinski definition) is 1. The number of aryl methyl sites for hydroxylation is 1. The molecule has 0 aliphatic heterocycles. The van der Waals surface area contributed by atoms with Crippen LogP contribution in [0, 0.1) is 6.92 Å². The molecule has 0 atom stereocenters. The van der Waals surface area contributed by atoms with Crippen molar-refractivity contribution in [2.45, 2.75) is 33.2 Å². The van der Waals surface area contributed by atoms with Crippen molar-refractivity contribution in [3.63, 3.8) is 0 Å². The number of rotatable bonds is 3. The standard InChI is InChI=1S/C12H19NS/c1-10-7-9-14-11(10)6-5-8-13-12(2,3)4/h5-7,9,13H,8H2,1-4H3. The van der Waals surface area contributed by atoms with Gasteiger partial charge in [0.1, 0.15) is 0 Å². The average Bonchev–Trinajstić information content (AvgIpc) is 2.44. The summed E-state index contributed by atoms with van der Waals surface area (Å²) in [6, 6.07) is 2.15. The number of nitrogens with one attached hydrogen (secondary N) is 1. The fourth-order valence-corrected chi connectivity index (χ4v) is 1.93. The maximum atomic E-state index is 3.42. The topological polar surface area (TPSA) is 12.0 Å². The summed E-state index contributed by atoms with van der Waals surface area (Å²) in [5.74, 6) is 0. The zero-order valence-corrected chi connectivity index (χ0v) is 10.2. The molecule has 0 saturated heterocycles. The summed E-state index contributed by atoms with van der Waals surface area (Å²) in [7, 11) is 0. The molecule has 0 fully saturated rings. The Bertz CT molecular complexity index is 304. The lowest BCUT2D eigenvalue weighted by molar-refractivity contribution is 0.450. The monoisotopic (exact) mass is 209 g/mol. The number of thiophene rings is 1. The van der Waals surface area contributed by atoms with Crippen molar-refractivity contribution in [2.24, 2.45) is 0 Å². The largest absolute Gasteiger partial charge is 0.309 e. The van der Waals surface area contributed by atoms with Gasteiger partial charge in [-0.05, 0) is 50.8 Å². The molecule has 0 aromatic carbocycles. The third-order valence-corrected chi connectivity index (χ3v) is 2.91. The molecule has 0 spiro atoms. The molecule has 1 heterocycles. The van der Waals surface area contributed by atoms with Crippen LogP contribution in [0.5, 0.6) is 0 Å². The molecule has 2 heteroatoms. The van der Waals surface area contributed by atoms with E-state index >= 15 is 0 Å². The van der Waals surface area contributed by atoms with E-state index in [2.05, 4.69) is 56.6 Å². The van der Waals surface area contributed by atoms with Crippen molar-refractivity contribution in [1.29, 1.82) is 0 Å². The lowest BCUT2D eigenvalue weighted by Gasteiger charge is -2.18. The minimum Gasteiger partial charge on any atom is -0.309 e. The van der Waals surface area contributed by atoms with Gasteiger partial charge in [0.15, 0.2) is 0 Å². The highest BCUT2D eigenvalue weighted by Crippen LogP contribution is 2.16. The maximum Gasteiger partial charge on any atom is 0.0296 e. The van der Waals surface area contributed by atoms with Crippen molar-refractivity contribution >= 4 is 17.4 Å². The second kappa shape index (κ2) is 4.76. The normalized spacial score (nSPS) is 12.6. The third kappa shape index (κ3) is 4.07. The summed E-state index contributed by atoms with van der Waals surface area (Å²) in [6.07, 6.45) is 4.38. The summed E-state index contributed by atoms with van der Waals surface area (Å²) in [6.45, 7) is 9.61. The van der Waals surface area contributed by atoms with Crippen LogP contribution in [0.3, 0.4) is 0 Å². The highest BCUT2D eigenvalue weighted by atomic mass is 32.1. The van der Waals surface area contributed by atoms with E-state index in [1.807, 2.05) is 0 Å². The Balaban J connectivity index is 2.39. The van der Waals surface area contributed by atoms with Gasteiger partial charge in [-0.15, -0.1) is 11.3 Å². The highest BCUT2D eigenvalue weighted by molar-refractivity contribution is 7.11. The van der Waals surface area contributed by atoms with Gasteiger partial charge in [-0.25, -0.2) is 0 Å². The molecule has 0 bridgehead atoms. The SMILES string of the molecule is Cc1ccsc1C=CCNC(C)(C)C. The van der Waals surface area contributed by atoms with Gasteiger partial charge in [0.2, 0.25) is 0 Å². The Labute approximate surface area is 90.9 Å². The maximum absolute atomic E-state index is 3.42. The lowest BCUT2D eigenvalue weighted by Crippen LogP contribution is -2.35. The van der Waals surface area contributed by atoms with E-state index in [1.54, 1.807) is 11.3 Å². The van der Waals surface area contributed by atoms with Crippen LogP contribution in [-0.2, 0) is 0 Å². The summed E-state index contributed by atoms with van der Waals surface area (Å²) in [5.41, 5.74) is 1.57. The van der Waals surface area contributed by atoms with E-state index in [0.29, 0.717) is 0 Å². The predicted molar refractivity (Wildman–Crippen MR) is 65.8 cm³/mol. The molecule has 1 aromatic heterocycles. The van der Waals surface area contributed by atoms with E-state index in [9.17, 15) is 0 Å². The van der Waals surface area contributed by atoms with Crippen molar-refractivity contribution in [3.8, 4) is 0 Å². The van der Waals surface area contributed by atoms with E-state index in [-0.39, 0.29) is 5.54 Å². The molecule has 0 aliphatic carbocycles. The smallest absolute Gasteiger partial charge is 0.0296 e. The Morgan fingerprint density at radius 2 is 2.14 bits per heavy atom. The van der Waals surface area contributed by atoms with Crippen LogP contribution in [0.1, 0.15) is 31.2 Å². The molecule has 14 heavy (non-hydrogen) atoms. The van der Waals surface area contributed by atoms with E-state index in [4.69, 9.17) is 0 Å². The molecular formula is C12H19NS. The van der Waals surface area contributed by atoms with Crippen LogP contribution in [0.15, 0.2) is 17.5 Å². The fourth-order valence-electron chi connectivity index (χ4n) is 1.09. The van der Waals surface area contributed by atoms with Gasteiger partial charge in [0.05, 0.1) is 0 Å². The van der Waals surface area contributed by atoms with Crippen LogP contribution >= 0.6 is 11.3 Å². The molecular weight excluding hydrogens is 190 g/mol. The van der Waals surface area contributed by atoms with Gasteiger partial charge >= 0.3 is 0 Å². The van der Waals surface area contributed by atoms with Crippen molar-refractivity contribution in [1.82, 2.24) is 5.32 Å². The van der Waals surface area contributed by atoms with Crippen LogP contribution in [-0.4, -0.2) is 12.1 Å². The summed E-state index contributed by atoms with van der Waals surface area (Å²) in [5, 5.41) is 5.55. The van der Waals surface area contributed by atoms with Gasteiger partial charge in [0.25, 0.3) is 0 Å². The predicted octanol–water partition coefficient (Wildman–Crippen LogP) is 3.46. The first-order chi connectivity index (χ1) is 6.49. The van der Waals surface area contributed by atoms with Gasteiger partial charge in [-0.2, -0.15) is 0 Å². The number of hydrogen-bond acceptors (Lipinski definition) is 2. The highest BCUT2D eigenvalue weighted by Gasteiger charge is 2.05. The molecule has 1 nitrogen and oxygen atoms in total. The third-order valence-electron chi connectivity index (χ3n) is 1.92. The molecule has 1 N–H and O–H groups in total. The van der Waals surface area contributed by atoms with Crippen molar-refractivity contribution in [3.05, 3.63) is 28.0 Å². The second-order valence-electron chi connectivity index (χ2n) is 4.50. The van der Waals surface area contributed by atoms with E-state index < -0.39 is 0 Å². The van der Waals surface area contributed by atoms with Crippen LogP contribution in [0.4, 0.5) is 0 Å². The van der Waals surface area contributed by atoms with Crippen molar-refractivity contribution < 1.29 is 0 Å². The molecule has 78 valence electrons.